The van der Waals surface area contributed by atoms with Crippen LogP contribution in [-0.2, 0) is 9.53 Å². The molecule has 0 spiro atoms. The maximum Gasteiger partial charge on any atom is 0.229 e. The highest BCUT2D eigenvalue weighted by Crippen LogP contribution is 2.19. The number of halogens is 1. The highest BCUT2D eigenvalue weighted by molar-refractivity contribution is 6.18. The third kappa shape index (κ3) is 3.03. The fraction of sp³-hybridized carbons (Fsp3) is 0.500. The van der Waals surface area contributed by atoms with Gasteiger partial charge >= 0.3 is 0 Å². The summed E-state index contributed by atoms with van der Waals surface area (Å²) in [5.41, 5.74) is 1.05. The van der Waals surface area contributed by atoms with Crippen molar-refractivity contribution in [2.75, 3.05) is 25.6 Å². The first kappa shape index (κ1) is 13.4. The van der Waals surface area contributed by atoms with Gasteiger partial charge in [0.15, 0.2) is 0 Å². The Kier molecular flexibility index (Phi) is 4.61. The highest BCUT2D eigenvalue weighted by atomic mass is 35.5. The molecule has 2 unspecified atom stereocenters. The molecule has 0 bridgehead atoms. The van der Waals surface area contributed by atoms with Crippen molar-refractivity contribution in [2.24, 2.45) is 0 Å². The molecule has 0 aromatic heterocycles. The van der Waals surface area contributed by atoms with E-state index in [1.807, 2.05) is 42.2 Å². The second-order valence-electron chi connectivity index (χ2n) is 4.56. The van der Waals surface area contributed by atoms with E-state index in [9.17, 15) is 4.79 Å². The zero-order valence-corrected chi connectivity index (χ0v) is 11.3. The van der Waals surface area contributed by atoms with Crippen LogP contribution in [0.5, 0.6) is 0 Å². The summed E-state index contributed by atoms with van der Waals surface area (Å²) in [6.45, 7) is 3.77. The average Bonchev–Trinajstić information content (AvgIpc) is 2.46. The van der Waals surface area contributed by atoms with Gasteiger partial charge in [-0.3, -0.25) is 4.79 Å². The lowest BCUT2D eigenvalue weighted by Gasteiger charge is -2.33. The Hall–Kier alpha value is -1.06. The first-order chi connectivity index (χ1) is 8.72. The molecule has 1 aliphatic heterocycles. The molecule has 1 fully saturated rings. The Balaban J connectivity index is 2.02. The second kappa shape index (κ2) is 6.21. The van der Waals surface area contributed by atoms with Crippen molar-refractivity contribution in [3.05, 3.63) is 35.9 Å². The number of rotatable bonds is 3. The Morgan fingerprint density at radius 3 is 2.89 bits per heavy atom. The molecular formula is C14H18ClNO2. The minimum atomic E-state index is -0.111. The number of carbonyl (C=O) groups excluding carboxylic acids is 1. The predicted molar refractivity (Wildman–Crippen MR) is 71.9 cm³/mol. The molecule has 1 aliphatic rings. The lowest BCUT2D eigenvalue weighted by molar-refractivity contribution is -0.139. The van der Waals surface area contributed by atoms with Crippen LogP contribution in [0, 0.1) is 0 Å². The number of amides is 1. The van der Waals surface area contributed by atoms with E-state index in [0.717, 1.165) is 5.56 Å². The molecule has 1 heterocycles. The lowest BCUT2D eigenvalue weighted by Crippen LogP contribution is -2.47. The van der Waals surface area contributed by atoms with Gasteiger partial charge < -0.3 is 9.64 Å². The number of alkyl halides is 1. The number of carbonyl (C=O) groups is 1. The molecule has 0 N–H and O–H groups in total. The minimum absolute atomic E-state index is 0.0349. The van der Waals surface area contributed by atoms with E-state index < -0.39 is 0 Å². The van der Waals surface area contributed by atoms with Crippen molar-refractivity contribution >= 4 is 17.5 Å². The summed E-state index contributed by atoms with van der Waals surface area (Å²) in [4.78, 5) is 14.2. The molecule has 1 amide bonds. The quantitative estimate of drug-likeness (QED) is 0.787. The Morgan fingerprint density at radius 1 is 1.50 bits per heavy atom. The second-order valence-corrected chi connectivity index (χ2v) is 4.87. The topological polar surface area (TPSA) is 29.5 Å². The molecule has 1 saturated heterocycles. The van der Waals surface area contributed by atoms with Crippen LogP contribution in [0.4, 0.5) is 0 Å². The van der Waals surface area contributed by atoms with Crippen LogP contribution >= 0.6 is 11.6 Å². The third-order valence-corrected chi connectivity index (χ3v) is 3.64. The number of hydrogen-bond acceptors (Lipinski definition) is 2. The van der Waals surface area contributed by atoms with E-state index in [1.165, 1.54) is 0 Å². The first-order valence-corrected chi connectivity index (χ1v) is 6.77. The van der Waals surface area contributed by atoms with Crippen molar-refractivity contribution in [2.45, 2.75) is 18.9 Å². The Bertz CT molecular complexity index is 396. The summed E-state index contributed by atoms with van der Waals surface area (Å²) < 4.78 is 5.47. The summed E-state index contributed by atoms with van der Waals surface area (Å²) >= 11 is 5.78. The van der Waals surface area contributed by atoms with Gasteiger partial charge in [-0.2, -0.15) is 0 Å². The summed E-state index contributed by atoms with van der Waals surface area (Å²) in [7, 11) is 0. The lowest BCUT2D eigenvalue weighted by atomic mass is 9.99. The molecule has 0 aliphatic carbocycles. The van der Waals surface area contributed by atoms with Crippen LogP contribution in [0.25, 0.3) is 0 Å². The molecule has 4 heteroatoms. The maximum absolute atomic E-state index is 12.4. The average molecular weight is 268 g/mol. The van der Waals surface area contributed by atoms with Gasteiger partial charge in [0.05, 0.1) is 24.5 Å². The van der Waals surface area contributed by atoms with Gasteiger partial charge in [0, 0.05) is 13.1 Å². The maximum atomic E-state index is 12.4. The number of morpholine rings is 1. The number of nitrogens with zero attached hydrogens (tertiary/aromatic N) is 1. The van der Waals surface area contributed by atoms with E-state index in [-0.39, 0.29) is 17.9 Å². The molecular weight excluding hydrogens is 250 g/mol. The van der Waals surface area contributed by atoms with Crippen LogP contribution in [0.15, 0.2) is 30.3 Å². The molecule has 18 heavy (non-hydrogen) atoms. The third-order valence-electron chi connectivity index (χ3n) is 3.29. The van der Waals surface area contributed by atoms with Crippen LogP contribution in [0.1, 0.15) is 18.4 Å². The van der Waals surface area contributed by atoms with E-state index in [0.29, 0.717) is 25.6 Å². The number of hydrogen-bond donors (Lipinski definition) is 0. The van der Waals surface area contributed by atoms with Crippen molar-refractivity contribution < 1.29 is 9.53 Å². The van der Waals surface area contributed by atoms with Gasteiger partial charge in [-0.15, -0.1) is 11.6 Å². The molecule has 0 saturated carbocycles. The summed E-state index contributed by atoms with van der Waals surface area (Å²) in [5, 5.41) is 0. The molecule has 2 rings (SSSR count). The molecule has 2 atom stereocenters. The smallest absolute Gasteiger partial charge is 0.229 e. The van der Waals surface area contributed by atoms with Crippen molar-refractivity contribution in [1.82, 2.24) is 4.90 Å². The monoisotopic (exact) mass is 267 g/mol. The SMILES string of the molecule is CC(C(=O)N1CCOC(CCl)C1)c1ccccc1. The fourth-order valence-corrected chi connectivity index (χ4v) is 2.36. The largest absolute Gasteiger partial charge is 0.373 e. The zero-order valence-electron chi connectivity index (χ0n) is 10.5. The summed E-state index contributed by atoms with van der Waals surface area (Å²) in [6.07, 6.45) is -0.0349. The summed E-state index contributed by atoms with van der Waals surface area (Å²) in [5.74, 6) is 0.476. The number of benzene rings is 1. The summed E-state index contributed by atoms with van der Waals surface area (Å²) in [6, 6.07) is 9.85. The van der Waals surface area contributed by atoms with E-state index in [4.69, 9.17) is 16.3 Å². The van der Waals surface area contributed by atoms with Crippen molar-refractivity contribution in [3.63, 3.8) is 0 Å². The van der Waals surface area contributed by atoms with Crippen LogP contribution in [0.2, 0.25) is 0 Å². The fourth-order valence-electron chi connectivity index (χ4n) is 2.17. The molecule has 0 radical (unpaired) electrons. The van der Waals surface area contributed by atoms with Crippen LogP contribution < -0.4 is 0 Å². The zero-order chi connectivity index (χ0) is 13.0. The van der Waals surface area contributed by atoms with Crippen molar-refractivity contribution in [1.29, 1.82) is 0 Å². The predicted octanol–water partition coefficient (Wildman–Crippen LogP) is 2.26. The van der Waals surface area contributed by atoms with Crippen LogP contribution in [-0.4, -0.2) is 42.5 Å². The van der Waals surface area contributed by atoms with Gasteiger partial charge in [-0.1, -0.05) is 30.3 Å². The minimum Gasteiger partial charge on any atom is -0.373 e. The van der Waals surface area contributed by atoms with Gasteiger partial charge in [0.2, 0.25) is 5.91 Å². The molecule has 1 aromatic rings. The standard InChI is InChI=1S/C14H18ClNO2/c1-11(12-5-3-2-4-6-12)14(17)16-7-8-18-13(9-15)10-16/h2-6,11,13H,7-10H2,1H3. The van der Waals surface area contributed by atoms with Gasteiger partial charge in [-0.05, 0) is 12.5 Å². The Labute approximate surface area is 113 Å². The van der Waals surface area contributed by atoms with Crippen LogP contribution in [0.3, 0.4) is 0 Å². The van der Waals surface area contributed by atoms with Crippen molar-refractivity contribution in [3.8, 4) is 0 Å². The molecule has 1 aromatic carbocycles. The van der Waals surface area contributed by atoms with E-state index in [2.05, 4.69) is 0 Å². The van der Waals surface area contributed by atoms with Gasteiger partial charge in [-0.25, -0.2) is 0 Å². The normalized spacial score (nSPS) is 21.7. The highest BCUT2D eigenvalue weighted by Gasteiger charge is 2.27. The molecule has 3 nitrogen and oxygen atoms in total. The molecule has 98 valence electrons. The number of ether oxygens (including phenoxy) is 1. The van der Waals surface area contributed by atoms with Gasteiger partial charge in [0.25, 0.3) is 0 Å². The van der Waals surface area contributed by atoms with E-state index in [1.54, 1.807) is 0 Å². The van der Waals surface area contributed by atoms with E-state index >= 15 is 0 Å². The van der Waals surface area contributed by atoms with Gasteiger partial charge in [0.1, 0.15) is 0 Å². The first-order valence-electron chi connectivity index (χ1n) is 6.23. The Morgan fingerprint density at radius 2 is 2.22 bits per heavy atom.